The third kappa shape index (κ3) is 5.15. The van der Waals surface area contributed by atoms with Gasteiger partial charge in [0.05, 0.1) is 26.2 Å². The average molecular weight is 411 g/mol. The van der Waals surface area contributed by atoms with E-state index in [0.717, 1.165) is 21.8 Å². The molecule has 3 rings (SSSR count). The van der Waals surface area contributed by atoms with Crippen LogP contribution in [0.2, 0.25) is 0 Å². The summed E-state index contributed by atoms with van der Waals surface area (Å²) in [5.74, 6) is -0.117. The zero-order valence-corrected chi connectivity index (χ0v) is 16.7. The Morgan fingerprint density at radius 1 is 1.17 bits per heavy atom. The SMILES string of the molecule is COc1ccc(CCN2C(=O)N[C@H](CC(=O)N[C@@H](CO)c3ccccc3)C2=O)cc1. The fourth-order valence-corrected chi connectivity index (χ4v) is 3.32. The number of aliphatic hydroxyl groups is 1. The number of methoxy groups -OCH3 is 1. The first-order chi connectivity index (χ1) is 14.5. The van der Waals surface area contributed by atoms with Crippen LogP contribution >= 0.6 is 0 Å². The Morgan fingerprint density at radius 2 is 1.87 bits per heavy atom. The lowest BCUT2D eigenvalue weighted by atomic mass is 10.1. The van der Waals surface area contributed by atoms with Crippen LogP contribution in [-0.4, -0.2) is 54.2 Å². The van der Waals surface area contributed by atoms with E-state index in [1.54, 1.807) is 19.2 Å². The molecule has 8 nitrogen and oxygen atoms in total. The van der Waals surface area contributed by atoms with Crippen LogP contribution in [0.1, 0.15) is 23.6 Å². The number of carbonyl (C=O) groups excluding carboxylic acids is 3. The number of nitrogens with zero attached hydrogens (tertiary/aromatic N) is 1. The molecule has 2 aromatic rings. The normalized spacial score (nSPS) is 16.9. The maximum Gasteiger partial charge on any atom is 0.324 e. The van der Waals surface area contributed by atoms with Crippen molar-refractivity contribution in [1.29, 1.82) is 0 Å². The largest absolute Gasteiger partial charge is 0.497 e. The Bertz CT molecular complexity index is 885. The number of hydrogen-bond acceptors (Lipinski definition) is 5. The van der Waals surface area contributed by atoms with E-state index in [9.17, 15) is 19.5 Å². The Kier molecular flexibility index (Phi) is 7.03. The van der Waals surface area contributed by atoms with Crippen LogP contribution in [0.3, 0.4) is 0 Å². The molecular formula is C22H25N3O5. The minimum atomic E-state index is -0.913. The number of ether oxygens (including phenoxy) is 1. The lowest BCUT2D eigenvalue weighted by Crippen LogP contribution is -2.38. The summed E-state index contributed by atoms with van der Waals surface area (Å²) in [6.45, 7) is -0.0485. The highest BCUT2D eigenvalue weighted by Gasteiger charge is 2.38. The number of carbonyl (C=O) groups is 3. The Morgan fingerprint density at radius 3 is 2.50 bits per heavy atom. The number of urea groups is 1. The van der Waals surface area contributed by atoms with Gasteiger partial charge in [0, 0.05) is 6.54 Å². The van der Waals surface area contributed by atoms with Crippen molar-refractivity contribution in [2.24, 2.45) is 0 Å². The Labute approximate surface area is 174 Å². The molecule has 158 valence electrons. The number of imide groups is 1. The zero-order valence-electron chi connectivity index (χ0n) is 16.7. The summed E-state index contributed by atoms with van der Waals surface area (Å²) in [5.41, 5.74) is 1.72. The molecule has 0 radical (unpaired) electrons. The second-order valence-electron chi connectivity index (χ2n) is 7.01. The van der Waals surface area contributed by atoms with Gasteiger partial charge in [-0.1, -0.05) is 42.5 Å². The van der Waals surface area contributed by atoms with E-state index in [1.807, 2.05) is 42.5 Å². The summed E-state index contributed by atoms with van der Waals surface area (Å²) in [5, 5.41) is 14.8. The first-order valence-electron chi connectivity index (χ1n) is 9.71. The van der Waals surface area contributed by atoms with E-state index in [4.69, 9.17) is 4.74 Å². The molecule has 1 fully saturated rings. The lowest BCUT2D eigenvalue weighted by molar-refractivity contribution is -0.131. The van der Waals surface area contributed by atoms with Gasteiger partial charge in [-0.25, -0.2) is 4.79 Å². The van der Waals surface area contributed by atoms with Crippen molar-refractivity contribution in [2.45, 2.75) is 24.9 Å². The van der Waals surface area contributed by atoms with Gasteiger partial charge >= 0.3 is 6.03 Å². The van der Waals surface area contributed by atoms with E-state index >= 15 is 0 Å². The van der Waals surface area contributed by atoms with Crippen molar-refractivity contribution in [1.82, 2.24) is 15.5 Å². The molecule has 0 unspecified atom stereocenters. The van der Waals surface area contributed by atoms with Gasteiger partial charge in [0.2, 0.25) is 5.91 Å². The van der Waals surface area contributed by atoms with Crippen molar-refractivity contribution >= 4 is 17.8 Å². The highest BCUT2D eigenvalue weighted by atomic mass is 16.5. The number of aliphatic hydroxyl groups excluding tert-OH is 1. The van der Waals surface area contributed by atoms with Crippen molar-refractivity contribution in [3.05, 3.63) is 65.7 Å². The van der Waals surface area contributed by atoms with Gasteiger partial charge < -0.3 is 20.5 Å². The molecule has 1 aliphatic rings. The van der Waals surface area contributed by atoms with Crippen molar-refractivity contribution in [3.63, 3.8) is 0 Å². The molecule has 8 heteroatoms. The highest BCUT2D eigenvalue weighted by Crippen LogP contribution is 2.16. The smallest absolute Gasteiger partial charge is 0.324 e. The quantitative estimate of drug-likeness (QED) is 0.541. The molecule has 2 aromatic carbocycles. The maximum absolute atomic E-state index is 12.6. The minimum absolute atomic E-state index is 0.188. The van der Waals surface area contributed by atoms with Crippen molar-refractivity contribution in [2.75, 3.05) is 20.3 Å². The molecule has 4 amide bonds. The van der Waals surface area contributed by atoms with Crippen molar-refractivity contribution in [3.8, 4) is 5.75 Å². The molecule has 0 spiro atoms. The Balaban J connectivity index is 1.54. The molecule has 1 saturated heterocycles. The summed E-state index contributed by atoms with van der Waals surface area (Å²) in [6, 6.07) is 14.5. The standard InChI is InChI=1S/C22H25N3O5/c1-30-17-9-7-15(8-10-17)11-12-25-21(28)18(24-22(25)29)13-20(27)23-19(14-26)16-5-3-2-4-6-16/h2-10,18-19,26H,11-14H2,1H3,(H,23,27)(H,24,29)/t18-,19+/m1/s1. The van der Waals surface area contributed by atoms with Gasteiger partial charge in [-0.05, 0) is 29.7 Å². The van der Waals surface area contributed by atoms with Gasteiger partial charge in [-0.15, -0.1) is 0 Å². The van der Waals surface area contributed by atoms with Gasteiger partial charge in [-0.3, -0.25) is 14.5 Å². The van der Waals surface area contributed by atoms with E-state index < -0.39 is 29.9 Å². The van der Waals surface area contributed by atoms with Gasteiger partial charge in [-0.2, -0.15) is 0 Å². The molecule has 0 aromatic heterocycles. The molecular weight excluding hydrogens is 386 g/mol. The van der Waals surface area contributed by atoms with Crippen LogP contribution in [0.15, 0.2) is 54.6 Å². The van der Waals surface area contributed by atoms with Crippen LogP contribution in [0.4, 0.5) is 4.79 Å². The van der Waals surface area contributed by atoms with E-state index in [1.165, 1.54) is 0 Å². The van der Waals surface area contributed by atoms with E-state index in [-0.39, 0.29) is 19.6 Å². The topological polar surface area (TPSA) is 108 Å². The minimum Gasteiger partial charge on any atom is -0.497 e. The van der Waals surface area contributed by atoms with E-state index in [0.29, 0.717) is 6.42 Å². The number of rotatable bonds is 9. The summed E-state index contributed by atoms with van der Waals surface area (Å²) in [4.78, 5) is 38.3. The number of amides is 4. The summed E-state index contributed by atoms with van der Waals surface area (Å²) < 4.78 is 5.11. The van der Waals surface area contributed by atoms with Crippen LogP contribution in [0.25, 0.3) is 0 Å². The first kappa shape index (κ1) is 21.3. The third-order valence-electron chi connectivity index (χ3n) is 5.00. The predicted octanol–water partition coefficient (Wildman–Crippen LogP) is 1.40. The third-order valence-corrected chi connectivity index (χ3v) is 5.00. The second-order valence-corrected chi connectivity index (χ2v) is 7.01. The summed E-state index contributed by atoms with van der Waals surface area (Å²) in [6.07, 6.45) is 0.315. The van der Waals surface area contributed by atoms with Crippen LogP contribution in [-0.2, 0) is 16.0 Å². The molecule has 1 aliphatic heterocycles. The molecule has 3 N–H and O–H groups in total. The predicted molar refractivity (Wildman–Crippen MR) is 110 cm³/mol. The number of benzene rings is 2. The molecule has 1 heterocycles. The average Bonchev–Trinajstić information content (AvgIpc) is 3.03. The Hall–Kier alpha value is -3.39. The molecule has 0 bridgehead atoms. The second kappa shape index (κ2) is 9.89. The van der Waals surface area contributed by atoms with Crippen LogP contribution in [0, 0.1) is 0 Å². The van der Waals surface area contributed by atoms with Crippen molar-refractivity contribution < 1.29 is 24.2 Å². The first-order valence-corrected chi connectivity index (χ1v) is 9.71. The highest BCUT2D eigenvalue weighted by molar-refractivity contribution is 6.05. The van der Waals surface area contributed by atoms with Gasteiger partial charge in [0.25, 0.3) is 5.91 Å². The zero-order chi connectivity index (χ0) is 21.5. The summed E-state index contributed by atoms with van der Waals surface area (Å²) in [7, 11) is 1.58. The molecule has 0 aliphatic carbocycles. The maximum atomic E-state index is 12.6. The monoisotopic (exact) mass is 411 g/mol. The van der Waals surface area contributed by atoms with Gasteiger partial charge in [0.1, 0.15) is 11.8 Å². The van der Waals surface area contributed by atoms with Gasteiger partial charge in [0.15, 0.2) is 0 Å². The summed E-state index contributed by atoms with van der Waals surface area (Å²) >= 11 is 0. The fourth-order valence-electron chi connectivity index (χ4n) is 3.32. The number of nitrogens with one attached hydrogen (secondary N) is 2. The number of hydrogen-bond donors (Lipinski definition) is 3. The van der Waals surface area contributed by atoms with E-state index in [2.05, 4.69) is 10.6 Å². The molecule has 30 heavy (non-hydrogen) atoms. The fraction of sp³-hybridized carbons (Fsp3) is 0.318. The van der Waals surface area contributed by atoms with Crippen LogP contribution in [0.5, 0.6) is 5.75 Å². The molecule has 2 atom stereocenters. The van der Waals surface area contributed by atoms with Crippen LogP contribution < -0.4 is 15.4 Å². The lowest BCUT2D eigenvalue weighted by Gasteiger charge is -2.18. The molecule has 0 saturated carbocycles.